The van der Waals surface area contributed by atoms with Crippen LogP contribution in [0.25, 0.3) is 0 Å². The highest BCUT2D eigenvalue weighted by molar-refractivity contribution is 6.76. The monoisotopic (exact) mass is 530 g/mol. The first-order chi connectivity index (χ1) is 17.1. The number of cyclic esters (lactones) is 1. The van der Waals surface area contributed by atoms with Crippen LogP contribution in [0.2, 0.25) is 25.7 Å². The smallest absolute Gasteiger partial charge is 0.488 e. The third kappa shape index (κ3) is 6.22. The van der Waals surface area contributed by atoms with Gasteiger partial charge in [-0.2, -0.15) is 5.10 Å². The van der Waals surface area contributed by atoms with Crippen molar-refractivity contribution in [1.82, 2.24) is 9.78 Å². The Labute approximate surface area is 220 Å². The van der Waals surface area contributed by atoms with Crippen molar-refractivity contribution in [3.63, 3.8) is 0 Å². The zero-order valence-corrected chi connectivity index (χ0v) is 24.5. The van der Waals surface area contributed by atoms with Crippen LogP contribution in [0.4, 0.5) is 0 Å². The minimum Gasteiger partial charge on any atom is -0.488 e. The number of benzene rings is 1. The first kappa shape index (κ1) is 27.7. The van der Waals surface area contributed by atoms with Crippen LogP contribution in [0.15, 0.2) is 24.5 Å². The number of fused-ring (bicyclic) bond motifs is 1. The van der Waals surface area contributed by atoms with Gasteiger partial charge in [-0.15, -0.1) is 0 Å². The molecule has 2 aromatic rings. The number of rotatable bonds is 9. The highest BCUT2D eigenvalue weighted by Gasteiger charge is 2.53. The number of hydrogen-bond donors (Lipinski definition) is 0. The fraction of sp³-hybridized carbons (Fsp3) is 0.615. The van der Waals surface area contributed by atoms with Crippen LogP contribution in [0.5, 0.6) is 11.5 Å². The van der Waals surface area contributed by atoms with Crippen LogP contribution in [0.3, 0.4) is 0 Å². The zero-order valence-electron chi connectivity index (χ0n) is 23.5. The van der Waals surface area contributed by atoms with E-state index in [1.54, 1.807) is 30.8 Å². The molecule has 1 saturated heterocycles. The number of nitrogens with zero attached hydrogens (tertiary/aromatic N) is 2. The van der Waals surface area contributed by atoms with Gasteiger partial charge in [0.15, 0.2) is 0 Å². The van der Waals surface area contributed by atoms with Crippen molar-refractivity contribution < 1.29 is 33.1 Å². The van der Waals surface area contributed by atoms with Crippen LogP contribution in [-0.2, 0) is 32.1 Å². The second-order valence-corrected chi connectivity index (χ2v) is 18.0. The number of carbonyl (C=O) groups excluding carboxylic acids is 1. The quantitative estimate of drug-likeness (QED) is 0.269. The molecule has 1 fully saturated rings. The van der Waals surface area contributed by atoms with Crippen molar-refractivity contribution in [3.8, 4) is 11.5 Å². The van der Waals surface area contributed by atoms with E-state index in [0.29, 0.717) is 23.7 Å². The predicted octanol–water partition coefficient (Wildman–Crippen LogP) is 4.36. The Kier molecular flexibility index (Phi) is 7.30. The van der Waals surface area contributed by atoms with Gasteiger partial charge in [-0.3, -0.25) is 0 Å². The summed E-state index contributed by atoms with van der Waals surface area (Å²) in [6, 6.07) is 4.65. The second kappa shape index (κ2) is 9.76. The van der Waals surface area contributed by atoms with Crippen LogP contribution < -0.4 is 14.9 Å². The van der Waals surface area contributed by atoms with Gasteiger partial charge in [0.05, 0.1) is 17.4 Å². The zero-order chi connectivity index (χ0) is 27.2. The summed E-state index contributed by atoms with van der Waals surface area (Å²) >= 11 is 0. The lowest BCUT2D eigenvalue weighted by Gasteiger charge is -2.34. The molecule has 37 heavy (non-hydrogen) atoms. The van der Waals surface area contributed by atoms with E-state index in [-0.39, 0.29) is 12.2 Å². The molecule has 2 aliphatic heterocycles. The molecule has 0 saturated carbocycles. The Bertz CT molecular complexity index is 1140. The molecule has 0 N–H and O–H groups in total. The largest absolute Gasteiger partial charge is 0.498 e. The second-order valence-electron chi connectivity index (χ2n) is 12.4. The van der Waals surface area contributed by atoms with E-state index in [0.717, 1.165) is 18.2 Å². The van der Waals surface area contributed by atoms with Gasteiger partial charge in [0, 0.05) is 45.8 Å². The first-order valence-corrected chi connectivity index (χ1v) is 16.4. The minimum absolute atomic E-state index is 0.216. The lowest BCUT2D eigenvalue weighted by atomic mass is 9.77. The Morgan fingerprint density at radius 3 is 2.35 bits per heavy atom. The van der Waals surface area contributed by atoms with Crippen molar-refractivity contribution in [2.75, 3.05) is 6.61 Å². The molecule has 0 aliphatic carbocycles. The lowest BCUT2D eigenvalue weighted by molar-refractivity contribution is -0.127. The van der Waals surface area contributed by atoms with Crippen LogP contribution in [0.1, 0.15) is 57.5 Å². The molecule has 0 bridgehead atoms. The SMILES string of the molecule is CC1(C)OC(=O)c2c(OCc3cnn(COCC[Si](C)(C)C)c3)ccc(B3OC(C)(C)C(C)(C)O3)c2O1. The summed E-state index contributed by atoms with van der Waals surface area (Å²) < 4.78 is 37.7. The number of hydrogen-bond acceptors (Lipinski definition) is 8. The molecule has 0 atom stereocenters. The average Bonchev–Trinajstić information content (AvgIpc) is 3.28. The standard InChI is InChI=1S/C26H39BN2O7Si/c1-24(2)25(3,4)36-27(35-24)19-10-11-20(21-22(19)33-26(5,6)34-23(21)30)32-16-18-14-28-29(15-18)17-31-12-13-37(7,8)9/h10-11,14-15H,12-13,16-17H2,1-9H3. The average molecular weight is 531 g/mol. The molecule has 1 aromatic heterocycles. The van der Waals surface area contributed by atoms with Crippen LogP contribution in [-0.4, -0.2) is 54.5 Å². The van der Waals surface area contributed by atoms with Crippen molar-refractivity contribution >= 4 is 26.6 Å². The molecule has 0 unspecified atom stereocenters. The summed E-state index contributed by atoms with van der Waals surface area (Å²) in [4.78, 5) is 13.1. The van der Waals surface area contributed by atoms with Gasteiger partial charge in [0.2, 0.25) is 5.79 Å². The van der Waals surface area contributed by atoms with E-state index in [2.05, 4.69) is 24.7 Å². The molecule has 3 heterocycles. The maximum absolute atomic E-state index is 13.1. The number of carbonyl (C=O) groups is 1. The summed E-state index contributed by atoms with van der Waals surface area (Å²) in [5, 5.41) is 4.35. The fourth-order valence-electron chi connectivity index (χ4n) is 3.95. The highest BCUT2D eigenvalue weighted by atomic mass is 28.3. The molecule has 1 aromatic carbocycles. The number of esters is 1. The Balaban J connectivity index is 1.51. The van der Waals surface area contributed by atoms with E-state index in [1.165, 1.54) is 0 Å². The van der Waals surface area contributed by atoms with E-state index in [1.807, 2.05) is 40.0 Å². The van der Waals surface area contributed by atoms with Gasteiger partial charge < -0.3 is 28.3 Å². The molecule has 11 heteroatoms. The molecule has 2 aliphatic rings. The number of ether oxygens (including phenoxy) is 4. The van der Waals surface area contributed by atoms with Gasteiger partial charge in [-0.25, -0.2) is 9.48 Å². The van der Waals surface area contributed by atoms with Gasteiger partial charge >= 0.3 is 13.1 Å². The summed E-state index contributed by atoms with van der Waals surface area (Å²) in [5.41, 5.74) is 0.608. The molecule has 0 spiro atoms. The minimum atomic E-state index is -1.14. The van der Waals surface area contributed by atoms with Gasteiger partial charge in [0.25, 0.3) is 0 Å². The summed E-state index contributed by atoms with van der Waals surface area (Å²) in [7, 11) is -1.83. The third-order valence-corrected chi connectivity index (χ3v) is 8.55. The molecule has 9 nitrogen and oxygen atoms in total. The molecular weight excluding hydrogens is 491 g/mol. The predicted molar refractivity (Wildman–Crippen MR) is 143 cm³/mol. The van der Waals surface area contributed by atoms with E-state index in [4.69, 9.17) is 28.3 Å². The topological polar surface area (TPSA) is 90.3 Å². The first-order valence-electron chi connectivity index (χ1n) is 12.7. The summed E-state index contributed by atoms with van der Waals surface area (Å²) in [6.07, 6.45) is 3.60. The number of aromatic nitrogens is 2. The van der Waals surface area contributed by atoms with Gasteiger partial charge in [-0.1, -0.05) is 25.7 Å². The van der Waals surface area contributed by atoms with Crippen LogP contribution >= 0.6 is 0 Å². The van der Waals surface area contributed by atoms with Crippen LogP contribution in [0, 0.1) is 0 Å². The molecule has 202 valence electrons. The maximum Gasteiger partial charge on any atom is 0.498 e. The van der Waals surface area contributed by atoms with E-state index < -0.39 is 38.2 Å². The maximum atomic E-state index is 13.1. The van der Waals surface area contributed by atoms with Crippen molar-refractivity contribution in [2.24, 2.45) is 0 Å². The van der Waals surface area contributed by atoms with Crippen molar-refractivity contribution in [1.29, 1.82) is 0 Å². The summed E-state index contributed by atoms with van der Waals surface area (Å²) in [5.74, 6) is -0.956. The Morgan fingerprint density at radius 2 is 1.70 bits per heavy atom. The fourth-order valence-corrected chi connectivity index (χ4v) is 4.71. The summed E-state index contributed by atoms with van der Waals surface area (Å²) in [6.45, 7) is 19.6. The normalized spacial score (nSPS) is 19.8. The molecular formula is C26H39BN2O7Si. The Morgan fingerprint density at radius 1 is 1.03 bits per heavy atom. The van der Waals surface area contributed by atoms with Crippen molar-refractivity contribution in [3.05, 3.63) is 35.7 Å². The molecule has 4 rings (SSSR count). The van der Waals surface area contributed by atoms with Gasteiger partial charge in [0.1, 0.15) is 30.4 Å². The third-order valence-electron chi connectivity index (χ3n) is 6.85. The molecule has 0 amide bonds. The molecule has 0 radical (unpaired) electrons. The lowest BCUT2D eigenvalue weighted by Crippen LogP contribution is -2.44. The highest BCUT2D eigenvalue weighted by Crippen LogP contribution is 2.41. The van der Waals surface area contributed by atoms with E-state index in [9.17, 15) is 4.79 Å². The van der Waals surface area contributed by atoms with Gasteiger partial charge in [-0.05, 0) is 39.8 Å². The van der Waals surface area contributed by atoms with E-state index >= 15 is 0 Å². The Hall–Kier alpha value is -2.34. The van der Waals surface area contributed by atoms with Crippen molar-refractivity contribution in [2.45, 2.75) is 97.6 Å².